The van der Waals surface area contributed by atoms with Crippen LogP contribution in [0.3, 0.4) is 0 Å². The van der Waals surface area contributed by atoms with Crippen LogP contribution in [0.1, 0.15) is 19.8 Å². The molecule has 0 radical (unpaired) electrons. The van der Waals surface area contributed by atoms with E-state index in [2.05, 4.69) is 11.8 Å². The molecule has 5 N–H and O–H groups in total. The quantitative estimate of drug-likeness (QED) is 0.591. The lowest BCUT2D eigenvalue weighted by molar-refractivity contribution is -0.120. The molecule has 0 aromatic rings. The Bertz CT molecular complexity index is 260. The van der Waals surface area contributed by atoms with E-state index in [1.54, 1.807) is 0 Å². The fourth-order valence-corrected chi connectivity index (χ4v) is 2.15. The van der Waals surface area contributed by atoms with Crippen LogP contribution in [0.2, 0.25) is 0 Å². The zero-order valence-corrected chi connectivity index (χ0v) is 9.61. The molecule has 3 amide bonds. The van der Waals surface area contributed by atoms with Crippen LogP contribution in [0.25, 0.3) is 0 Å². The van der Waals surface area contributed by atoms with Crippen molar-refractivity contribution in [1.29, 1.82) is 0 Å². The number of urea groups is 1. The van der Waals surface area contributed by atoms with Gasteiger partial charge in [0.2, 0.25) is 5.91 Å². The summed E-state index contributed by atoms with van der Waals surface area (Å²) in [6.07, 6.45) is 1.31. The van der Waals surface area contributed by atoms with Crippen LogP contribution < -0.4 is 16.8 Å². The predicted octanol–water partition coefficient (Wildman–Crippen LogP) is -0.759. The predicted molar refractivity (Wildman–Crippen MR) is 60.5 cm³/mol. The van der Waals surface area contributed by atoms with Crippen LogP contribution in [0.5, 0.6) is 0 Å². The Hall–Kier alpha value is -1.14. The molecule has 0 saturated carbocycles. The van der Waals surface area contributed by atoms with Crippen LogP contribution in [0.15, 0.2) is 0 Å². The van der Waals surface area contributed by atoms with Gasteiger partial charge in [-0.05, 0) is 12.3 Å². The molecular formula is C10H20N4O2. The van der Waals surface area contributed by atoms with Gasteiger partial charge in [-0.1, -0.05) is 6.92 Å². The number of rotatable bonds is 3. The molecule has 6 heteroatoms. The number of primary amides is 1. The maximum absolute atomic E-state index is 11.2. The van der Waals surface area contributed by atoms with E-state index in [1.165, 1.54) is 0 Å². The molecule has 0 aliphatic carbocycles. The molecule has 1 fully saturated rings. The maximum Gasteiger partial charge on any atom is 0.318 e. The summed E-state index contributed by atoms with van der Waals surface area (Å²) in [6, 6.07) is -0.614. The molecule has 0 spiro atoms. The molecule has 1 aliphatic rings. The first kappa shape index (κ1) is 12.9. The largest absolute Gasteiger partial charge is 0.351 e. The number of carbonyl (C=O) groups excluding carboxylic acids is 2. The van der Waals surface area contributed by atoms with Gasteiger partial charge in [-0.2, -0.15) is 0 Å². The fourth-order valence-electron chi connectivity index (χ4n) is 2.15. The minimum Gasteiger partial charge on any atom is -0.351 e. The topological polar surface area (TPSA) is 101 Å². The number of piperidine rings is 1. The third kappa shape index (κ3) is 4.59. The molecule has 0 aromatic carbocycles. The summed E-state index contributed by atoms with van der Waals surface area (Å²) in [7, 11) is 0. The second-order valence-corrected chi connectivity index (χ2v) is 4.52. The van der Waals surface area contributed by atoms with E-state index in [4.69, 9.17) is 11.5 Å². The molecule has 1 aliphatic heterocycles. The van der Waals surface area contributed by atoms with E-state index in [1.807, 2.05) is 5.32 Å². The van der Waals surface area contributed by atoms with Crippen molar-refractivity contribution in [3.63, 3.8) is 0 Å². The van der Waals surface area contributed by atoms with Crippen molar-refractivity contribution in [2.45, 2.75) is 25.8 Å². The lowest BCUT2D eigenvalue weighted by Gasteiger charge is -2.34. The van der Waals surface area contributed by atoms with Crippen molar-refractivity contribution in [2.24, 2.45) is 17.4 Å². The minimum absolute atomic E-state index is 0.183. The standard InChI is InChI=1S/C10H20N4O2/c1-7-4-8(11)6-14(5-7)3-2-9(15)13-10(12)16/h7-8H,2-6,11H2,1H3,(H3,12,13,15,16). The maximum atomic E-state index is 11.2. The zero-order chi connectivity index (χ0) is 12.1. The van der Waals surface area contributed by atoms with E-state index in [0.29, 0.717) is 12.5 Å². The minimum atomic E-state index is -0.797. The first-order valence-corrected chi connectivity index (χ1v) is 5.54. The van der Waals surface area contributed by atoms with Gasteiger partial charge in [-0.15, -0.1) is 0 Å². The molecule has 2 unspecified atom stereocenters. The first-order chi connectivity index (χ1) is 7.47. The first-order valence-electron chi connectivity index (χ1n) is 5.54. The van der Waals surface area contributed by atoms with Crippen molar-refractivity contribution < 1.29 is 9.59 Å². The van der Waals surface area contributed by atoms with Gasteiger partial charge in [0.25, 0.3) is 0 Å². The Kier molecular flexibility index (Phi) is 4.70. The van der Waals surface area contributed by atoms with E-state index in [9.17, 15) is 9.59 Å². The number of nitrogens with one attached hydrogen (secondary N) is 1. The summed E-state index contributed by atoms with van der Waals surface area (Å²) in [5.41, 5.74) is 10.7. The van der Waals surface area contributed by atoms with Crippen molar-refractivity contribution in [3.05, 3.63) is 0 Å². The van der Waals surface area contributed by atoms with Crippen molar-refractivity contribution in [3.8, 4) is 0 Å². The smallest absolute Gasteiger partial charge is 0.318 e. The summed E-state index contributed by atoms with van der Waals surface area (Å²) in [5.74, 6) is 0.224. The van der Waals surface area contributed by atoms with Crippen molar-refractivity contribution in [2.75, 3.05) is 19.6 Å². The lowest BCUT2D eigenvalue weighted by Crippen LogP contribution is -2.47. The van der Waals surface area contributed by atoms with Gasteiger partial charge in [0, 0.05) is 32.1 Å². The highest BCUT2D eigenvalue weighted by atomic mass is 16.2. The van der Waals surface area contributed by atoms with Crippen LogP contribution in [-0.2, 0) is 4.79 Å². The second kappa shape index (κ2) is 5.81. The molecule has 2 atom stereocenters. The number of hydrogen-bond acceptors (Lipinski definition) is 4. The van der Waals surface area contributed by atoms with E-state index in [0.717, 1.165) is 19.5 Å². The van der Waals surface area contributed by atoms with Gasteiger partial charge >= 0.3 is 6.03 Å². The summed E-state index contributed by atoms with van der Waals surface area (Å²) in [6.45, 7) is 4.54. The van der Waals surface area contributed by atoms with Crippen molar-refractivity contribution >= 4 is 11.9 Å². The van der Waals surface area contributed by atoms with Crippen LogP contribution in [0.4, 0.5) is 4.79 Å². The van der Waals surface area contributed by atoms with Gasteiger partial charge in [0.15, 0.2) is 0 Å². The van der Waals surface area contributed by atoms with Crippen LogP contribution in [0, 0.1) is 5.92 Å². The average Bonchev–Trinajstić information content (AvgIpc) is 2.12. The highest BCUT2D eigenvalue weighted by Crippen LogP contribution is 2.14. The molecule has 1 saturated heterocycles. The second-order valence-electron chi connectivity index (χ2n) is 4.52. The summed E-state index contributed by atoms with van der Waals surface area (Å²) < 4.78 is 0. The van der Waals surface area contributed by atoms with E-state index < -0.39 is 6.03 Å². The Morgan fingerprint density at radius 1 is 1.44 bits per heavy atom. The van der Waals surface area contributed by atoms with Gasteiger partial charge in [0.05, 0.1) is 0 Å². The molecule has 92 valence electrons. The molecule has 1 heterocycles. The number of imide groups is 1. The third-order valence-electron chi connectivity index (χ3n) is 2.69. The van der Waals surface area contributed by atoms with Gasteiger partial charge in [-0.25, -0.2) is 4.79 Å². The zero-order valence-electron chi connectivity index (χ0n) is 9.61. The Labute approximate surface area is 95.3 Å². The van der Waals surface area contributed by atoms with Crippen LogP contribution >= 0.6 is 0 Å². The Balaban J connectivity index is 2.26. The van der Waals surface area contributed by atoms with E-state index in [-0.39, 0.29) is 18.4 Å². The van der Waals surface area contributed by atoms with Crippen LogP contribution in [-0.4, -0.2) is 42.5 Å². The number of carbonyl (C=O) groups is 2. The molecule has 0 aromatic heterocycles. The lowest BCUT2D eigenvalue weighted by atomic mass is 9.96. The monoisotopic (exact) mass is 228 g/mol. The van der Waals surface area contributed by atoms with Gasteiger partial charge in [-0.3, -0.25) is 10.1 Å². The highest BCUT2D eigenvalue weighted by molar-refractivity contribution is 5.93. The number of amides is 3. The molecule has 16 heavy (non-hydrogen) atoms. The highest BCUT2D eigenvalue weighted by Gasteiger charge is 2.22. The van der Waals surface area contributed by atoms with Crippen molar-refractivity contribution in [1.82, 2.24) is 10.2 Å². The van der Waals surface area contributed by atoms with Gasteiger partial charge < -0.3 is 16.4 Å². The summed E-state index contributed by atoms with van der Waals surface area (Å²) in [5, 5.41) is 2.05. The number of likely N-dealkylation sites (tertiary alicyclic amines) is 1. The van der Waals surface area contributed by atoms with Gasteiger partial charge in [0.1, 0.15) is 0 Å². The number of nitrogens with two attached hydrogens (primary N) is 2. The third-order valence-corrected chi connectivity index (χ3v) is 2.69. The SMILES string of the molecule is CC1CC(N)CN(CCC(=O)NC(N)=O)C1. The average molecular weight is 228 g/mol. The summed E-state index contributed by atoms with van der Waals surface area (Å²) >= 11 is 0. The van der Waals surface area contributed by atoms with E-state index >= 15 is 0 Å². The number of nitrogens with zero attached hydrogens (tertiary/aromatic N) is 1. The number of hydrogen-bond donors (Lipinski definition) is 3. The molecule has 0 bridgehead atoms. The normalized spacial score (nSPS) is 26.4. The summed E-state index contributed by atoms with van der Waals surface area (Å²) in [4.78, 5) is 23.8. The Morgan fingerprint density at radius 2 is 2.12 bits per heavy atom. The molecule has 6 nitrogen and oxygen atoms in total. The Morgan fingerprint density at radius 3 is 2.69 bits per heavy atom. The fraction of sp³-hybridized carbons (Fsp3) is 0.800. The molecular weight excluding hydrogens is 208 g/mol. The molecule has 1 rings (SSSR count).